The molecule has 1 atom stereocenters. The Morgan fingerprint density at radius 1 is 1.14 bits per heavy atom. The summed E-state index contributed by atoms with van der Waals surface area (Å²) >= 11 is 0. The Morgan fingerprint density at radius 3 is 2.76 bits per heavy atom. The molecule has 0 bridgehead atoms. The van der Waals surface area contributed by atoms with Gasteiger partial charge in [0.15, 0.2) is 0 Å². The fourth-order valence-electron chi connectivity index (χ4n) is 3.35. The molecule has 0 radical (unpaired) electrons. The van der Waals surface area contributed by atoms with Crippen LogP contribution in [0.5, 0.6) is 5.75 Å². The number of hydrogen-bond acceptors (Lipinski definition) is 2. The lowest BCUT2D eigenvalue weighted by molar-refractivity contribution is 0.396. The highest BCUT2D eigenvalue weighted by atomic mass is 16.5. The van der Waals surface area contributed by atoms with Crippen molar-refractivity contribution in [3.63, 3.8) is 0 Å². The van der Waals surface area contributed by atoms with Crippen LogP contribution in [0.2, 0.25) is 0 Å². The minimum Gasteiger partial charge on any atom is -0.496 e. The van der Waals surface area contributed by atoms with Crippen LogP contribution < -0.4 is 10.1 Å². The second-order valence-corrected chi connectivity index (χ2v) is 6.26. The average Bonchev–Trinajstić information content (AvgIpc) is 2.53. The van der Waals surface area contributed by atoms with Crippen LogP contribution in [0.4, 0.5) is 0 Å². The second-order valence-electron chi connectivity index (χ2n) is 6.26. The number of nitrogens with one attached hydrogen (secondary N) is 1. The van der Waals surface area contributed by atoms with Crippen LogP contribution in [0.3, 0.4) is 0 Å². The van der Waals surface area contributed by atoms with Crippen LogP contribution in [-0.2, 0) is 12.8 Å². The van der Waals surface area contributed by atoms with E-state index in [1.807, 2.05) is 0 Å². The molecule has 1 aliphatic rings. The van der Waals surface area contributed by atoms with E-state index in [1.54, 1.807) is 7.11 Å². The van der Waals surface area contributed by atoms with Crippen molar-refractivity contribution in [2.75, 3.05) is 13.7 Å². The normalized spacial score (nSPS) is 17.5. The summed E-state index contributed by atoms with van der Waals surface area (Å²) in [5.74, 6) is 1.07. The molecule has 118 valence electrons. The Bertz CT molecular complexity index is 416. The van der Waals surface area contributed by atoms with Gasteiger partial charge in [0.05, 0.1) is 7.11 Å². The first-order chi connectivity index (χ1) is 10.3. The van der Waals surface area contributed by atoms with E-state index in [0.29, 0.717) is 6.04 Å². The quantitative estimate of drug-likeness (QED) is 0.676. The molecule has 0 spiro atoms. The third kappa shape index (κ3) is 5.03. The van der Waals surface area contributed by atoms with Gasteiger partial charge in [0, 0.05) is 6.04 Å². The summed E-state index contributed by atoms with van der Waals surface area (Å²) in [6.45, 7) is 3.45. The number of fused-ring (bicyclic) bond motifs is 1. The number of rotatable bonds is 9. The molecular weight excluding hydrogens is 258 g/mol. The highest BCUT2D eigenvalue weighted by Crippen LogP contribution is 2.29. The Labute approximate surface area is 130 Å². The first-order valence-corrected chi connectivity index (χ1v) is 8.73. The van der Waals surface area contributed by atoms with E-state index < -0.39 is 0 Å². The maximum atomic E-state index is 5.47. The monoisotopic (exact) mass is 289 g/mol. The van der Waals surface area contributed by atoms with E-state index in [1.165, 1.54) is 62.6 Å². The Hall–Kier alpha value is -1.02. The number of benzene rings is 1. The van der Waals surface area contributed by atoms with E-state index in [9.17, 15) is 0 Å². The molecule has 0 saturated carbocycles. The van der Waals surface area contributed by atoms with Crippen LogP contribution in [0.1, 0.15) is 63.0 Å². The smallest absolute Gasteiger partial charge is 0.122 e. The molecular formula is C19H31NO. The highest BCUT2D eigenvalue weighted by molar-refractivity contribution is 5.42. The fraction of sp³-hybridized carbons (Fsp3) is 0.684. The van der Waals surface area contributed by atoms with E-state index in [4.69, 9.17) is 4.74 Å². The van der Waals surface area contributed by atoms with Crippen LogP contribution >= 0.6 is 0 Å². The number of methoxy groups -OCH3 is 1. The number of ether oxygens (including phenoxy) is 1. The molecule has 0 fully saturated rings. The van der Waals surface area contributed by atoms with Gasteiger partial charge in [-0.1, -0.05) is 51.2 Å². The van der Waals surface area contributed by atoms with Gasteiger partial charge in [-0.15, -0.1) is 0 Å². The molecule has 21 heavy (non-hydrogen) atoms. The van der Waals surface area contributed by atoms with Crippen molar-refractivity contribution in [3.05, 3.63) is 29.3 Å². The highest BCUT2D eigenvalue weighted by Gasteiger charge is 2.20. The topological polar surface area (TPSA) is 21.3 Å². The molecule has 1 aromatic carbocycles. The van der Waals surface area contributed by atoms with Gasteiger partial charge in [0.25, 0.3) is 0 Å². The van der Waals surface area contributed by atoms with Gasteiger partial charge in [-0.2, -0.15) is 0 Å². The van der Waals surface area contributed by atoms with Gasteiger partial charge in [-0.3, -0.25) is 0 Å². The number of unbranched alkanes of at least 4 members (excludes halogenated alkanes) is 5. The van der Waals surface area contributed by atoms with Crippen molar-refractivity contribution >= 4 is 0 Å². The molecule has 2 rings (SSSR count). The molecule has 0 aromatic heterocycles. The Balaban J connectivity index is 1.68. The Kier molecular flexibility index (Phi) is 7.08. The predicted molar refractivity (Wildman–Crippen MR) is 90.2 cm³/mol. The van der Waals surface area contributed by atoms with Crippen LogP contribution in [0.15, 0.2) is 18.2 Å². The molecule has 0 saturated heterocycles. The summed E-state index contributed by atoms with van der Waals surface area (Å²) < 4.78 is 5.47. The fourth-order valence-corrected chi connectivity index (χ4v) is 3.35. The van der Waals surface area contributed by atoms with Crippen LogP contribution in [0.25, 0.3) is 0 Å². The minimum absolute atomic E-state index is 0.653. The summed E-state index contributed by atoms with van der Waals surface area (Å²) in [5, 5.41) is 3.75. The largest absolute Gasteiger partial charge is 0.496 e. The van der Waals surface area contributed by atoms with E-state index in [0.717, 1.165) is 18.6 Å². The third-order valence-electron chi connectivity index (χ3n) is 4.62. The van der Waals surface area contributed by atoms with E-state index in [2.05, 4.69) is 30.4 Å². The molecule has 0 amide bonds. The van der Waals surface area contributed by atoms with Crippen LogP contribution in [-0.4, -0.2) is 19.7 Å². The zero-order valence-corrected chi connectivity index (χ0v) is 13.8. The first-order valence-electron chi connectivity index (χ1n) is 8.73. The zero-order valence-electron chi connectivity index (χ0n) is 13.8. The second kappa shape index (κ2) is 9.09. The molecule has 1 N–H and O–H groups in total. The third-order valence-corrected chi connectivity index (χ3v) is 4.62. The molecule has 0 aliphatic heterocycles. The summed E-state index contributed by atoms with van der Waals surface area (Å²) in [5.41, 5.74) is 2.90. The summed E-state index contributed by atoms with van der Waals surface area (Å²) in [7, 11) is 1.78. The lowest BCUT2D eigenvalue weighted by Gasteiger charge is -2.26. The van der Waals surface area contributed by atoms with Gasteiger partial charge < -0.3 is 10.1 Å². The van der Waals surface area contributed by atoms with Gasteiger partial charge in [0.2, 0.25) is 0 Å². The molecule has 0 heterocycles. The van der Waals surface area contributed by atoms with Crippen molar-refractivity contribution in [2.24, 2.45) is 0 Å². The minimum atomic E-state index is 0.653. The summed E-state index contributed by atoms with van der Waals surface area (Å²) in [4.78, 5) is 0. The maximum absolute atomic E-state index is 5.47. The lowest BCUT2D eigenvalue weighted by Crippen LogP contribution is -2.35. The first kappa shape index (κ1) is 16.4. The molecule has 2 nitrogen and oxygen atoms in total. The molecule has 2 heteroatoms. The van der Waals surface area contributed by atoms with Gasteiger partial charge in [-0.25, -0.2) is 0 Å². The maximum Gasteiger partial charge on any atom is 0.122 e. The molecule has 1 aromatic rings. The van der Waals surface area contributed by atoms with Crippen molar-refractivity contribution in [1.29, 1.82) is 0 Å². The van der Waals surface area contributed by atoms with E-state index in [-0.39, 0.29) is 0 Å². The zero-order chi connectivity index (χ0) is 14.9. The van der Waals surface area contributed by atoms with Crippen molar-refractivity contribution in [3.8, 4) is 5.75 Å². The molecule has 1 aliphatic carbocycles. The predicted octanol–water partition coefficient (Wildman–Crippen LogP) is 4.50. The van der Waals surface area contributed by atoms with Crippen molar-refractivity contribution in [1.82, 2.24) is 5.32 Å². The van der Waals surface area contributed by atoms with Gasteiger partial charge in [-0.05, 0) is 49.4 Å². The van der Waals surface area contributed by atoms with E-state index >= 15 is 0 Å². The average molecular weight is 289 g/mol. The summed E-state index contributed by atoms with van der Waals surface area (Å²) in [6, 6.07) is 7.12. The lowest BCUT2D eigenvalue weighted by atomic mass is 9.87. The number of hydrogen-bond donors (Lipinski definition) is 1. The standard InChI is InChI=1S/C19H31NO/c1-3-4-5-6-7-8-14-20-17-12-13-18-16(15-17)10-9-11-19(18)21-2/h9-11,17,20H,3-8,12-15H2,1-2H3. The van der Waals surface area contributed by atoms with Crippen molar-refractivity contribution < 1.29 is 4.74 Å². The SMILES string of the molecule is CCCCCCCCNC1CCc2c(cccc2OC)C1. The Morgan fingerprint density at radius 2 is 1.95 bits per heavy atom. The van der Waals surface area contributed by atoms with Crippen LogP contribution in [0, 0.1) is 0 Å². The van der Waals surface area contributed by atoms with Crippen molar-refractivity contribution in [2.45, 2.75) is 70.8 Å². The van der Waals surface area contributed by atoms with Gasteiger partial charge in [0.1, 0.15) is 5.75 Å². The summed E-state index contributed by atoms with van der Waals surface area (Å²) in [6.07, 6.45) is 11.8. The molecule has 1 unspecified atom stereocenters. The van der Waals surface area contributed by atoms with Gasteiger partial charge >= 0.3 is 0 Å².